The molecule has 0 N–H and O–H groups in total. The molecular weight excluding hydrogens is 432 g/mol. The molecule has 1 heterocycles. The van der Waals surface area contributed by atoms with Crippen LogP contribution in [0.25, 0.3) is 5.69 Å². The van der Waals surface area contributed by atoms with Crippen LogP contribution < -0.4 is 4.74 Å². The van der Waals surface area contributed by atoms with Crippen LogP contribution in [0.15, 0.2) is 42.6 Å². The van der Waals surface area contributed by atoms with Gasteiger partial charge in [-0.1, -0.05) is 24.9 Å². The molecule has 9 heteroatoms. The molecule has 3 rings (SSSR count). The summed E-state index contributed by atoms with van der Waals surface area (Å²) < 4.78 is 89.1. The number of hydrogen-bond acceptors (Lipinski definition) is 1. The van der Waals surface area contributed by atoms with Crippen LogP contribution in [-0.4, -0.2) is 4.57 Å². The molecule has 2 nitrogen and oxygen atoms in total. The summed E-state index contributed by atoms with van der Waals surface area (Å²) in [5, 5.41) is 0.0635. The molecule has 0 unspecified atom stereocenters. The Bertz CT molecular complexity index is 1040. The summed E-state index contributed by atoms with van der Waals surface area (Å²) in [6, 6.07) is 6.34. The van der Waals surface area contributed by atoms with Crippen molar-refractivity contribution in [2.45, 2.75) is 32.5 Å². The Hall–Kier alpha value is -2.61. The maximum Gasteiger partial charge on any atom is 0.418 e. The molecule has 0 aliphatic rings. The van der Waals surface area contributed by atoms with Gasteiger partial charge in [0.2, 0.25) is 0 Å². The van der Waals surface area contributed by atoms with Crippen LogP contribution in [-0.2, 0) is 19.2 Å². The van der Waals surface area contributed by atoms with E-state index in [1.54, 1.807) is 0 Å². The molecule has 1 aromatic heterocycles. The van der Waals surface area contributed by atoms with Gasteiger partial charge in [0.15, 0.2) is 17.4 Å². The molecular formula is C21H16ClF6NO. The van der Waals surface area contributed by atoms with Crippen molar-refractivity contribution in [2.75, 3.05) is 0 Å². The first-order valence-corrected chi connectivity index (χ1v) is 9.33. The largest absolute Gasteiger partial charge is 0.481 e. The first-order chi connectivity index (χ1) is 14.1. The van der Waals surface area contributed by atoms with Crippen molar-refractivity contribution in [1.29, 1.82) is 0 Å². The number of ether oxygens (including phenoxy) is 1. The second kappa shape index (κ2) is 8.63. The predicted molar refractivity (Wildman–Crippen MR) is 100 cm³/mol. The number of halogens is 7. The lowest BCUT2D eigenvalue weighted by Gasteiger charge is -2.16. The highest BCUT2D eigenvalue weighted by atomic mass is 35.5. The number of aryl methyl sites for hydroxylation is 1. The van der Waals surface area contributed by atoms with E-state index < -0.39 is 47.2 Å². The number of hydrogen-bond donors (Lipinski definition) is 0. The molecule has 0 spiro atoms. The Morgan fingerprint density at radius 1 is 0.967 bits per heavy atom. The van der Waals surface area contributed by atoms with Crippen LogP contribution in [0.2, 0.25) is 5.02 Å². The van der Waals surface area contributed by atoms with Crippen LogP contribution in [0.5, 0.6) is 5.75 Å². The van der Waals surface area contributed by atoms with E-state index >= 15 is 0 Å². The van der Waals surface area contributed by atoms with Crippen molar-refractivity contribution >= 4 is 11.6 Å². The monoisotopic (exact) mass is 447 g/mol. The van der Waals surface area contributed by atoms with Crippen LogP contribution in [0.1, 0.15) is 30.2 Å². The minimum absolute atomic E-state index is 0.0635. The van der Waals surface area contributed by atoms with Gasteiger partial charge < -0.3 is 9.30 Å². The van der Waals surface area contributed by atoms with Gasteiger partial charge in [-0.25, -0.2) is 13.2 Å². The predicted octanol–water partition coefficient (Wildman–Crippen LogP) is 7.10. The van der Waals surface area contributed by atoms with Gasteiger partial charge in [0.1, 0.15) is 12.4 Å². The standard InChI is InChI=1S/C21H16ClF6NO/c1-2-3-12-8-16(24)20(17(25)9-12)30-11-19-14(21(26,27)28)6-7-29(19)18-5-4-13(22)10-15(18)23/h4-10H,2-3,11H2,1H3. The molecule has 0 saturated heterocycles. The van der Waals surface area contributed by atoms with Crippen LogP contribution in [0.4, 0.5) is 26.3 Å². The summed E-state index contributed by atoms with van der Waals surface area (Å²) in [7, 11) is 0. The van der Waals surface area contributed by atoms with Gasteiger partial charge in [0.25, 0.3) is 0 Å². The van der Waals surface area contributed by atoms with E-state index in [0.717, 1.165) is 35.0 Å². The molecule has 30 heavy (non-hydrogen) atoms. The van der Waals surface area contributed by atoms with E-state index in [2.05, 4.69) is 0 Å². The maximum absolute atomic E-state index is 14.3. The third kappa shape index (κ3) is 4.59. The Labute approximate surface area is 173 Å². The number of rotatable bonds is 6. The minimum Gasteiger partial charge on any atom is -0.481 e. The van der Waals surface area contributed by atoms with Gasteiger partial charge >= 0.3 is 6.18 Å². The zero-order chi connectivity index (χ0) is 22.1. The average molecular weight is 448 g/mol. The Morgan fingerprint density at radius 2 is 1.63 bits per heavy atom. The van der Waals surface area contributed by atoms with Crippen molar-refractivity contribution in [2.24, 2.45) is 0 Å². The van der Waals surface area contributed by atoms with E-state index in [9.17, 15) is 26.3 Å². The molecule has 0 amide bonds. The lowest BCUT2D eigenvalue weighted by atomic mass is 10.1. The summed E-state index contributed by atoms with van der Waals surface area (Å²) in [6.07, 6.45) is -2.68. The SMILES string of the molecule is CCCc1cc(F)c(OCc2c(C(F)(F)F)ccn2-c2ccc(Cl)cc2F)c(F)c1. The topological polar surface area (TPSA) is 14.2 Å². The molecule has 0 radical (unpaired) electrons. The zero-order valence-corrected chi connectivity index (χ0v) is 16.4. The van der Waals surface area contributed by atoms with Gasteiger partial charge in [0.05, 0.1) is 16.9 Å². The van der Waals surface area contributed by atoms with E-state index in [0.29, 0.717) is 18.4 Å². The molecule has 0 aliphatic heterocycles. The summed E-state index contributed by atoms with van der Waals surface area (Å²) in [4.78, 5) is 0. The number of alkyl halides is 3. The molecule has 0 saturated carbocycles. The summed E-state index contributed by atoms with van der Waals surface area (Å²) in [5.41, 5.74) is -1.43. The van der Waals surface area contributed by atoms with Crippen molar-refractivity contribution in [3.8, 4) is 11.4 Å². The van der Waals surface area contributed by atoms with Gasteiger partial charge in [0, 0.05) is 11.2 Å². The van der Waals surface area contributed by atoms with E-state index in [1.165, 1.54) is 12.1 Å². The number of benzene rings is 2. The fourth-order valence-corrected chi connectivity index (χ4v) is 3.26. The quantitative estimate of drug-likeness (QED) is 0.368. The molecule has 0 fully saturated rings. The van der Waals surface area contributed by atoms with Crippen molar-refractivity contribution in [3.05, 3.63) is 81.9 Å². The molecule has 3 aromatic rings. The molecule has 160 valence electrons. The van der Waals surface area contributed by atoms with Crippen molar-refractivity contribution in [1.82, 2.24) is 4.57 Å². The second-order valence-corrected chi connectivity index (χ2v) is 7.00. The molecule has 0 aliphatic carbocycles. The van der Waals surface area contributed by atoms with Gasteiger partial charge in [-0.15, -0.1) is 0 Å². The number of nitrogens with zero attached hydrogens (tertiary/aromatic N) is 1. The highest BCUT2D eigenvalue weighted by Gasteiger charge is 2.36. The summed E-state index contributed by atoms with van der Waals surface area (Å²) in [5.74, 6) is -3.72. The lowest BCUT2D eigenvalue weighted by Crippen LogP contribution is -2.14. The smallest absolute Gasteiger partial charge is 0.418 e. The Morgan fingerprint density at radius 3 is 2.20 bits per heavy atom. The van der Waals surface area contributed by atoms with Crippen LogP contribution in [0, 0.1) is 17.5 Å². The van der Waals surface area contributed by atoms with E-state index in [4.69, 9.17) is 16.3 Å². The fraction of sp³-hybridized carbons (Fsp3) is 0.238. The first-order valence-electron chi connectivity index (χ1n) is 8.95. The van der Waals surface area contributed by atoms with E-state index in [-0.39, 0.29) is 10.7 Å². The normalized spacial score (nSPS) is 11.7. The van der Waals surface area contributed by atoms with Gasteiger partial charge in [-0.05, 0) is 48.4 Å². The highest BCUT2D eigenvalue weighted by Crippen LogP contribution is 2.35. The second-order valence-electron chi connectivity index (χ2n) is 6.57. The van der Waals surface area contributed by atoms with Crippen molar-refractivity contribution in [3.63, 3.8) is 0 Å². The van der Waals surface area contributed by atoms with Gasteiger partial charge in [-0.3, -0.25) is 0 Å². The Balaban J connectivity index is 2.00. The zero-order valence-electron chi connectivity index (χ0n) is 15.7. The van der Waals surface area contributed by atoms with E-state index in [1.807, 2.05) is 6.92 Å². The highest BCUT2D eigenvalue weighted by molar-refractivity contribution is 6.30. The molecule has 0 atom stereocenters. The third-order valence-corrected chi connectivity index (χ3v) is 4.65. The van der Waals surface area contributed by atoms with Gasteiger partial charge in [-0.2, -0.15) is 13.2 Å². The van der Waals surface area contributed by atoms with Crippen molar-refractivity contribution < 1.29 is 31.1 Å². The summed E-state index contributed by atoms with van der Waals surface area (Å²) in [6.45, 7) is 0.994. The first kappa shape index (κ1) is 22.1. The van der Waals surface area contributed by atoms with Crippen LogP contribution >= 0.6 is 11.6 Å². The number of aromatic nitrogens is 1. The minimum atomic E-state index is -4.78. The lowest BCUT2D eigenvalue weighted by molar-refractivity contribution is -0.138. The third-order valence-electron chi connectivity index (χ3n) is 4.42. The molecule has 0 bridgehead atoms. The Kier molecular flexibility index (Phi) is 6.36. The van der Waals surface area contributed by atoms with Crippen LogP contribution in [0.3, 0.4) is 0 Å². The fourth-order valence-electron chi connectivity index (χ4n) is 3.10. The maximum atomic E-state index is 14.3. The molecule has 2 aromatic carbocycles. The average Bonchev–Trinajstić information content (AvgIpc) is 3.05. The summed E-state index contributed by atoms with van der Waals surface area (Å²) >= 11 is 5.70.